The van der Waals surface area contributed by atoms with Crippen LogP contribution in [0, 0.1) is 0 Å². The van der Waals surface area contributed by atoms with Crippen molar-refractivity contribution >= 4 is 29.0 Å². The summed E-state index contributed by atoms with van der Waals surface area (Å²) in [5, 5.41) is 3.51. The van der Waals surface area contributed by atoms with Crippen LogP contribution in [0.3, 0.4) is 0 Å². The van der Waals surface area contributed by atoms with Crippen molar-refractivity contribution in [2.24, 2.45) is 7.05 Å². The van der Waals surface area contributed by atoms with Crippen molar-refractivity contribution < 1.29 is 4.79 Å². The first-order valence-electron chi connectivity index (χ1n) is 7.92. The van der Waals surface area contributed by atoms with Crippen LogP contribution in [-0.2, 0) is 13.5 Å². The highest BCUT2D eigenvalue weighted by atomic mass is 35.5. The first-order chi connectivity index (χ1) is 11.5. The number of hydrogen-bond donors (Lipinski definition) is 1. The Morgan fingerprint density at radius 3 is 2.67 bits per heavy atom. The Bertz CT molecular complexity index is 826. The van der Waals surface area contributed by atoms with Crippen LogP contribution in [0.5, 0.6) is 0 Å². The van der Waals surface area contributed by atoms with E-state index in [1.54, 1.807) is 30.1 Å². The van der Waals surface area contributed by atoms with Gasteiger partial charge in [0.05, 0.1) is 10.6 Å². The molecule has 0 saturated carbocycles. The Labute approximate surface area is 145 Å². The number of rotatable bonds is 4. The van der Waals surface area contributed by atoms with Crippen LogP contribution in [-0.4, -0.2) is 33.4 Å². The average Bonchev–Trinajstić information content (AvgIpc) is 2.52. The largest absolute Gasteiger partial charge is 0.338 e. The molecule has 6 nitrogen and oxygen atoms in total. The highest BCUT2D eigenvalue weighted by molar-refractivity contribution is 6.31. The lowest BCUT2D eigenvalue weighted by Gasteiger charge is -2.30. The number of hydrogen-bond acceptors (Lipinski definition) is 4. The fourth-order valence-corrected chi connectivity index (χ4v) is 3.03. The van der Waals surface area contributed by atoms with Crippen molar-refractivity contribution in [3.8, 4) is 0 Å². The van der Waals surface area contributed by atoms with E-state index >= 15 is 0 Å². The van der Waals surface area contributed by atoms with Crippen molar-refractivity contribution in [2.45, 2.75) is 19.8 Å². The third kappa shape index (κ3) is 3.01. The normalized spacial score (nSPS) is 13.5. The quantitative estimate of drug-likeness (QED) is 0.924. The third-order valence-electron chi connectivity index (χ3n) is 4.24. The predicted octanol–water partition coefficient (Wildman–Crippen LogP) is 2.59. The number of carbonyl (C=O) groups excluding carboxylic acids is 1. The molecule has 1 N–H and O–H groups in total. The van der Waals surface area contributed by atoms with Gasteiger partial charge in [-0.2, -0.15) is 0 Å². The molecule has 1 saturated heterocycles. The molecule has 1 amide bonds. The number of nitrogens with one attached hydrogen (secondary N) is 1. The van der Waals surface area contributed by atoms with E-state index in [9.17, 15) is 9.59 Å². The second-order valence-electron chi connectivity index (χ2n) is 5.77. The zero-order valence-electron chi connectivity index (χ0n) is 13.7. The molecule has 126 valence electrons. The second-order valence-corrected chi connectivity index (χ2v) is 6.18. The van der Waals surface area contributed by atoms with Gasteiger partial charge < -0.3 is 14.8 Å². The first-order valence-corrected chi connectivity index (χ1v) is 8.29. The lowest BCUT2D eigenvalue weighted by atomic mass is 10.1. The highest BCUT2D eigenvalue weighted by Gasteiger charge is 2.21. The molecule has 7 heteroatoms. The van der Waals surface area contributed by atoms with E-state index in [-0.39, 0.29) is 11.5 Å². The highest BCUT2D eigenvalue weighted by Crippen LogP contribution is 2.20. The molecule has 0 spiro atoms. The summed E-state index contributed by atoms with van der Waals surface area (Å²) in [6.45, 7) is 3.55. The van der Waals surface area contributed by atoms with E-state index in [4.69, 9.17) is 11.6 Å². The summed E-state index contributed by atoms with van der Waals surface area (Å²) in [4.78, 5) is 30.5. The molecule has 24 heavy (non-hydrogen) atoms. The molecule has 0 aliphatic carbocycles. The zero-order chi connectivity index (χ0) is 17.3. The molecule has 1 aliphatic heterocycles. The van der Waals surface area contributed by atoms with Crippen LogP contribution >= 0.6 is 11.6 Å². The first kappa shape index (κ1) is 16.5. The number of likely N-dealkylation sites (tertiary alicyclic amines) is 1. The van der Waals surface area contributed by atoms with E-state index in [0.29, 0.717) is 28.5 Å². The minimum Gasteiger partial charge on any atom is -0.338 e. The van der Waals surface area contributed by atoms with E-state index in [1.165, 1.54) is 10.8 Å². The van der Waals surface area contributed by atoms with Crippen molar-refractivity contribution in [3.05, 3.63) is 51.0 Å². The minimum atomic E-state index is -0.168. The van der Waals surface area contributed by atoms with Gasteiger partial charge in [-0.3, -0.25) is 9.59 Å². The van der Waals surface area contributed by atoms with E-state index in [1.807, 2.05) is 6.92 Å². The summed E-state index contributed by atoms with van der Waals surface area (Å²) in [5.41, 5.74) is 1.52. The Balaban J connectivity index is 1.81. The third-order valence-corrected chi connectivity index (χ3v) is 4.57. The summed E-state index contributed by atoms with van der Waals surface area (Å²) in [6, 6.07) is 5.01. The number of carbonyl (C=O) groups is 1. The molecule has 3 rings (SSSR count). The van der Waals surface area contributed by atoms with Gasteiger partial charge >= 0.3 is 0 Å². The summed E-state index contributed by atoms with van der Waals surface area (Å²) in [5.74, 6) is 0.485. The number of aromatic nitrogens is 2. The smallest absolute Gasteiger partial charge is 0.274 e. The molecule has 0 aromatic carbocycles. The van der Waals surface area contributed by atoms with Crippen molar-refractivity contribution in [1.29, 1.82) is 0 Å². The van der Waals surface area contributed by atoms with Gasteiger partial charge in [0.2, 0.25) is 0 Å². The molecule has 0 bridgehead atoms. The lowest BCUT2D eigenvalue weighted by molar-refractivity contribution is 0.0651. The number of nitrogens with zero attached hydrogens (tertiary/aromatic N) is 3. The maximum absolute atomic E-state index is 12.4. The Hall–Kier alpha value is -2.34. The van der Waals surface area contributed by atoms with Crippen LogP contribution in [0.15, 0.2) is 29.2 Å². The zero-order valence-corrected chi connectivity index (χ0v) is 14.4. The van der Waals surface area contributed by atoms with Crippen molar-refractivity contribution in [1.82, 2.24) is 14.5 Å². The molecular formula is C17H19ClN4O2. The molecule has 2 aromatic rings. The van der Waals surface area contributed by atoms with Gasteiger partial charge in [0.15, 0.2) is 0 Å². The Morgan fingerprint density at radius 2 is 2.12 bits per heavy atom. The molecule has 1 aliphatic rings. The van der Waals surface area contributed by atoms with Gasteiger partial charge in [-0.05, 0) is 31.0 Å². The summed E-state index contributed by atoms with van der Waals surface area (Å²) < 4.78 is 1.53. The van der Waals surface area contributed by atoms with Crippen molar-refractivity contribution in [3.63, 3.8) is 0 Å². The van der Waals surface area contributed by atoms with Gasteiger partial charge in [0, 0.05) is 32.0 Å². The summed E-state index contributed by atoms with van der Waals surface area (Å²) >= 11 is 6.23. The molecule has 3 heterocycles. The topological polar surface area (TPSA) is 67.2 Å². The lowest BCUT2D eigenvalue weighted by Crippen LogP contribution is -2.42. The molecule has 2 aromatic heterocycles. The van der Waals surface area contributed by atoms with Gasteiger partial charge in [0.1, 0.15) is 11.5 Å². The number of anilines is 2. The van der Waals surface area contributed by atoms with Crippen molar-refractivity contribution in [2.75, 3.05) is 18.4 Å². The summed E-state index contributed by atoms with van der Waals surface area (Å²) in [7, 11) is 1.69. The van der Waals surface area contributed by atoms with Crippen LogP contribution in [0.4, 0.5) is 11.5 Å². The number of halogens is 1. The van der Waals surface area contributed by atoms with Crippen LogP contribution in [0.25, 0.3) is 0 Å². The van der Waals surface area contributed by atoms with Gasteiger partial charge in [-0.1, -0.05) is 18.5 Å². The number of pyridine rings is 2. The minimum absolute atomic E-state index is 0.00782. The molecule has 0 atom stereocenters. The Morgan fingerprint density at radius 1 is 1.38 bits per heavy atom. The molecule has 0 radical (unpaired) electrons. The second kappa shape index (κ2) is 6.65. The summed E-state index contributed by atoms with van der Waals surface area (Å²) in [6.07, 6.45) is 3.25. The van der Waals surface area contributed by atoms with Crippen LogP contribution in [0.1, 0.15) is 29.4 Å². The predicted molar refractivity (Wildman–Crippen MR) is 94.1 cm³/mol. The Kier molecular flexibility index (Phi) is 4.57. The SMILES string of the molecule is CCc1c(Cl)cc(Nc2ccc(C(=O)N3CCC3)cn2)c(=O)n1C. The fourth-order valence-electron chi connectivity index (χ4n) is 2.67. The molecule has 0 unspecified atom stereocenters. The molecule has 1 fully saturated rings. The van der Waals surface area contributed by atoms with Crippen LogP contribution in [0.2, 0.25) is 5.02 Å². The van der Waals surface area contributed by atoms with E-state index in [0.717, 1.165) is 25.2 Å². The van der Waals surface area contributed by atoms with Gasteiger partial charge in [0.25, 0.3) is 11.5 Å². The van der Waals surface area contributed by atoms with Gasteiger partial charge in [-0.25, -0.2) is 4.98 Å². The maximum Gasteiger partial charge on any atom is 0.274 e. The van der Waals surface area contributed by atoms with Crippen LogP contribution < -0.4 is 10.9 Å². The fraction of sp³-hybridized carbons (Fsp3) is 0.353. The molecular weight excluding hydrogens is 328 g/mol. The van der Waals surface area contributed by atoms with E-state index in [2.05, 4.69) is 10.3 Å². The van der Waals surface area contributed by atoms with E-state index < -0.39 is 0 Å². The number of amides is 1. The maximum atomic E-state index is 12.4. The standard InChI is InChI=1S/C17H19ClN4O2/c1-3-14-12(18)9-13(17(24)21(14)2)20-15-6-5-11(10-19-15)16(23)22-7-4-8-22/h5-6,9-10H,3-4,7-8H2,1-2H3,(H,19,20). The average molecular weight is 347 g/mol. The monoisotopic (exact) mass is 346 g/mol. The van der Waals surface area contributed by atoms with Gasteiger partial charge in [-0.15, -0.1) is 0 Å².